The van der Waals surface area contributed by atoms with Gasteiger partial charge in [0.25, 0.3) is 5.91 Å². The summed E-state index contributed by atoms with van der Waals surface area (Å²) in [5.41, 5.74) is -0.441. The van der Waals surface area contributed by atoms with E-state index < -0.39 is 11.4 Å². The summed E-state index contributed by atoms with van der Waals surface area (Å²) in [6.45, 7) is 1.68. The van der Waals surface area contributed by atoms with E-state index in [9.17, 15) is 14.7 Å². The summed E-state index contributed by atoms with van der Waals surface area (Å²) in [6, 6.07) is -0.317. The summed E-state index contributed by atoms with van der Waals surface area (Å²) in [5.74, 6) is -1.13. The first-order chi connectivity index (χ1) is 8.04. The van der Waals surface area contributed by atoms with E-state index in [1.165, 1.54) is 12.4 Å². The maximum Gasteiger partial charge on any atom is 0.311 e. The zero-order chi connectivity index (χ0) is 12.5. The second kappa shape index (κ2) is 4.20. The third-order valence-corrected chi connectivity index (χ3v) is 3.51. The number of nitrogens with one attached hydrogen (secondary N) is 2. The van der Waals surface area contributed by atoms with Crippen molar-refractivity contribution in [3.8, 4) is 0 Å². The number of carboxylic acid groups (broad SMARTS) is 1. The third-order valence-electron chi connectivity index (χ3n) is 3.51. The molecular weight excluding hydrogens is 222 g/mol. The van der Waals surface area contributed by atoms with Crippen LogP contribution in [0.2, 0.25) is 0 Å². The molecule has 1 fully saturated rings. The van der Waals surface area contributed by atoms with E-state index in [1.54, 1.807) is 6.92 Å². The number of carbonyl (C=O) groups is 2. The third kappa shape index (κ3) is 2.02. The van der Waals surface area contributed by atoms with Crippen molar-refractivity contribution < 1.29 is 14.7 Å². The van der Waals surface area contributed by atoms with Crippen LogP contribution in [0.5, 0.6) is 0 Å². The normalized spacial score (nSPS) is 27.9. The summed E-state index contributed by atoms with van der Waals surface area (Å²) in [4.78, 5) is 23.0. The van der Waals surface area contributed by atoms with Gasteiger partial charge in [-0.05, 0) is 19.8 Å². The smallest absolute Gasteiger partial charge is 0.311 e. The van der Waals surface area contributed by atoms with E-state index in [0.29, 0.717) is 18.4 Å². The van der Waals surface area contributed by atoms with Crippen LogP contribution in [0, 0.1) is 5.41 Å². The van der Waals surface area contributed by atoms with E-state index in [0.717, 1.165) is 6.42 Å². The van der Waals surface area contributed by atoms with Crippen molar-refractivity contribution in [2.45, 2.75) is 32.2 Å². The Morgan fingerprint density at radius 2 is 2.41 bits per heavy atom. The minimum Gasteiger partial charge on any atom is -0.481 e. The first kappa shape index (κ1) is 11.6. The first-order valence-electron chi connectivity index (χ1n) is 5.57. The van der Waals surface area contributed by atoms with Crippen LogP contribution in [0.25, 0.3) is 0 Å². The van der Waals surface area contributed by atoms with Gasteiger partial charge in [-0.1, -0.05) is 6.42 Å². The highest BCUT2D eigenvalue weighted by Gasteiger charge is 2.45. The van der Waals surface area contributed by atoms with Gasteiger partial charge in [-0.3, -0.25) is 14.7 Å². The quantitative estimate of drug-likeness (QED) is 0.724. The van der Waals surface area contributed by atoms with Crippen LogP contribution in [0.4, 0.5) is 0 Å². The largest absolute Gasteiger partial charge is 0.481 e. The van der Waals surface area contributed by atoms with Crippen molar-refractivity contribution >= 4 is 11.9 Å². The lowest BCUT2D eigenvalue weighted by molar-refractivity contribution is -0.148. The lowest BCUT2D eigenvalue weighted by atomic mass is 9.85. The van der Waals surface area contributed by atoms with Gasteiger partial charge >= 0.3 is 5.97 Å². The average molecular weight is 237 g/mol. The minimum atomic E-state index is -0.862. The number of aromatic amines is 1. The topological polar surface area (TPSA) is 95.1 Å². The van der Waals surface area contributed by atoms with Crippen LogP contribution in [0.3, 0.4) is 0 Å². The van der Waals surface area contributed by atoms with Crippen molar-refractivity contribution in [3.63, 3.8) is 0 Å². The molecule has 1 aliphatic carbocycles. The molecule has 1 heterocycles. The summed E-state index contributed by atoms with van der Waals surface area (Å²) in [5, 5.41) is 18.2. The number of aromatic nitrogens is 2. The monoisotopic (exact) mass is 237 g/mol. The number of hydrogen-bond donors (Lipinski definition) is 3. The van der Waals surface area contributed by atoms with Gasteiger partial charge in [-0.25, -0.2) is 0 Å². The second-order valence-electron chi connectivity index (χ2n) is 4.63. The molecule has 0 aromatic carbocycles. The number of aliphatic carboxylic acids is 1. The fraction of sp³-hybridized carbons (Fsp3) is 0.545. The Hall–Kier alpha value is -1.85. The van der Waals surface area contributed by atoms with E-state index in [2.05, 4.69) is 15.5 Å². The number of nitrogens with zero attached hydrogens (tertiary/aromatic N) is 1. The number of rotatable bonds is 3. The van der Waals surface area contributed by atoms with Crippen molar-refractivity contribution in [1.29, 1.82) is 0 Å². The van der Waals surface area contributed by atoms with Gasteiger partial charge < -0.3 is 10.4 Å². The molecule has 1 amide bonds. The predicted octanol–water partition coefficient (Wildman–Crippen LogP) is 0.783. The van der Waals surface area contributed by atoms with Gasteiger partial charge in [0.2, 0.25) is 0 Å². The number of hydrogen-bond acceptors (Lipinski definition) is 3. The zero-order valence-electron chi connectivity index (χ0n) is 9.56. The van der Waals surface area contributed by atoms with E-state index in [-0.39, 0.29) is 11.9 Å². The van der Waals surface area contributed by atoms with Crippen LogP contribution in [0.1, 0.15) is 36.5 Å². The van der Waals surface area contributed by atoms with Gasteiger partial charge in [0.1, 0.15) is 0 Å². The van der Waals surface area contributed by atoms with E-state index in [4.69, 9.17) is 0 Å². The van der Waals surface area contributed by atoms with Gasteiger partial charge in [-0.2, -0.15) is 5.10 Å². The molecule has 6 nitrogen and oxygen atoms in total. The molecule has 1 aromatic heterocycles. The summed E-state index contributed by atoms with van der Waals surface area (Å²) >= 11 is 0. The molecule has 2 atom stereocenters. The Bertz CT molecular complexity index is 429. The molecule has 0 radical (unpaired) electrons. The van der Waals surface area contributed by atoms with Gasteiger partial charge in [-0.15, -0.1) is 0 Å². The van der Waals surface area contributed by atoms with E-state index in [1.807, 2.05) is 0 Å². The van der Waals surface area contributed by atoms with Crippen LogP contribution in [0.15, 0.2) is 12.4 Å². The maximum atomic E-state index is 11.8. The molecule has 6 heteroatoms. The fourth-order valence-electron chi connectivity index (χ4n) is 2.27. The Kier molecular flexibility index (Phi) is 2.87. The highest BCUT2D eigenvalue weighted by Crippen LogP contribution is 2.38. The number of H-pyrrole nitrogens is 1. The zero-order valence-corrected chi connectivity index (χ0v) is 9.56. The first-order valence-corrected chi connectivity index (χ1v) is 5.57. The molecule has 92 valence electrons. The SMILES string of the molecule is CC1(C(=O)O)CCCC1NC(=O)c1cn[nH]c1. The summed E-state index contributed by atoms with van der Waals surface area (Å²) in [6.07, 6.45) is 5.02. The van der Waals surface area contributed by atoms with Gasteiger partial charge in [0.05, 0.1) is 17.2 Å². The molecule has 1 saturated carbocycles. The fourth-order valence-corrected chi connectivity index (χ4v) is 2.27. The second-order valence-corrected chi connectivity index (χ2v) is 4.63. The van der Waals surface area contributed by atoms with Crippen LogP contribution >= 0.6 is 0 Å². The molecular formula is C11H15N3O3. The van der Waals surface area contributed by atoms with E-state index >= 15 is 0 Å². The molecule has 2 unspecified atom stereocenters. The van der Waals surface area contributed by atoms with Crippen molar-refractivity contribution in [2.24, 2.45) is 5.41 Å². The molecule has 0 saturated heterocycles. The number of carbonyl (C=O) groups excluding carboxylic acids is 1. The van der Waals surface area contributed by atoms with Crippen molar-refractivity contribution in [3.05, 3.63) is 18.0 Å². The lowest BCUT2D eigenvalue weighted by Crippen LogP contribution is -2.46. The number of carboxylic acids is 1. The minimum absolute atomic E-state index is 0.280. The molecule has 0 bridgehead atoms. The molecule has 3 N–H and O–H groups in total. The molecule has 1 aromatic rings. The Balaban J connectivity index is 2.09. The molecule has 0 spiro atoms. The predicted molar refractivity (Wildman–Crippen MR) is 59.4 cm³/mol. The maximum absolute atomic E-state index is 11.8. The lowest BCUT2D eigenvalue weighted by Gasteiger charge is -2.27. The summed E-state index contributed by atoms with van der Waals surface area (Å²) in [7, 11) is 0. The highest BCUT2D eigenvalue weighted by atomic mass is 16.4. The van der Waals surface area contributed by atoms with Gasteiger partial charge in [0.15, 0.2) is 0 Å². The number of amides is 1. The van der Waals surface area contributed by atoms with Crippen LogP contribution < -0.4 is 5.32 Å². The highest BCUT2D eigenvalue weighted by molar-refractivity contribution is 5.94. The van der Waals surface area contributed by atoms with Crippen LogP contribution in [-0.4, -0.2) is 33.2 Å². The molecule has 17 heavy (non-hydrogen) atoms. The molecule has 0 aliphatic heterocycles. The molecule has 2 rings (SSSR count). The summed E-state index contributed by atoms with van der Waals surface area (Å²) < 4.78 is 0. The Morgan fingerprint density at radius 1 is 1.65 bits per heavy atom. The average Bonchev–Trinajstić information content (AvgIpc) is 2.89. The van der Waals surface area contributed by atoms with Crippen molar-refractivity contribution in [2.75, 3.05) is 0 Å². The standard InChI is InChI=1S/C11H15N3O3/c1-11(10(16)17)4-2-3-8(11)14-9(15)7-5-12-13-6-7/h5-6,8H,2-4H2,1H3,(H,12,13)(H,14,15)(H,16,17). The van der Waals surface area contributed by atoms with Gasteiger partial charge in [0, 0.05) is 12.2 Å². The molecule has 1 aliphatic rings. The van der Waals surface area contributed by atoms with Crippen molar-refractivity contribution in [1.82, 2.24) is 15.5 Å². The Morgan fingerprint density at radius 3 is 3.00 bits per heavy atom. The Labute approximate surface area is 98.4 Å². The van der Waals surface area contributed by atoms with Crippen LogP contribution in [-0.2, 0) is 4.79 Å².